The Morgan fingerprint density at radius 2 is 1.73 bits per heavy atom. The molecule has 3 amide bonds. The molecule has 11 nitrogen and oxygen atoms in total. The first kappa shape index (κ1) is 20.9. The monoisotopic (exact) mass is 428 g/mol. The van der Waals surface area contributed by atoms with Crippen LogP contribution in [0.25, 0.3) is 0 Å². The van der Waals surface area contributed by atoms with Crippen LogP contribution in [0.15, 0.2) is 69.0 Å². The number of hydrogen-bond acceptors (Lipinski definition) is 9. The van der Waals surface area contributed by atoms with Crippen molar-refractivity contribution in [2.45, 2.75) is 24.8 Å². The van der Waals surface area contributed by atoms with Crippen LogP contribution in [0.1, 0.15) is 24.2 Å². The van der Waals surface area contributed by atoms with Crippen LogP contribution in [-0.4, -0.2) is 47.9 Å². The Bertz CT molecular complexity index is 1160. The first-order valence-electron chi connectivity index (χ1n) is 8.57. The lowest BCUT2D eigenvalue weighted by molar-refractivity contribution is -0.127. The first-order valence-corrected chi connectivity index (χ1v) is 10.0. The molecule has 0 spiro atoms. The first-order chi connectivity index (χ1) is 14.2. The minimum Gasteiger partial charge on any atom is -0.274 e. The summed E-state index contributed by atoms with van der Waals surface area (Å²) in [4.78, 5) is 39.7. The molecule has 154 valence electrons. The summed E-state index contributed by atoms with van der Waals surface area (Å²) in [6.45, 7) is 2.63. The number of hydrazone groups is 1. The van der Waals surface area contributed by atoms with Gasteiger partial charge in [-0.3, -0.25) is 19.4 Å². The van der Waals surface area contributed by atoms with Crippen molar-refractivity contribution in [2.24, 2.45) is 15.3 Å². The maximum atomic E-state index is 12.5. The second kappa shape index (κ2) is 8.29. The van der Waals surface area contributed by atoms with Crippen LogP contribution < -0.4 is 4.72 Å². The van der Waals surface area contributed by atoms with Gasteiger partial charge in [-0.2, -0.15) is 20.3 Å². The summed E-state index contributed by atoms with van der Waals surface area (Å²) in [5, 5.41) is 12.6. The van der Waals surface area contributed by atoms with Crippen molar-refractivity contribution < 1.29 is 22.8 Å². The second-order valence-corrected chi connectivity index (χ2v) is 7.89. The smallest absolute Gasteiger partial charge is 0.274 e. The molecule has 0 radical (unpaired) electrons. The van der Waals surface area contributed by atoms with Gasteiger partial charge in [0.15, 0.2) is 6.04 Å². The molecule has 1 aliphatic heterocycles. The van der Waals surface area contributed by atoms with Gasteiger partial charge in [-0.25, -0.2) is 13.1 Å². The van der Waals surface area contributed by atoms with E-state index in [0.717, 1.165) is 11.9 Å². The lowest BCUT2D eigenvalue weighted by Crippen LogP contribution is -2.34. The maximum Gasteiger partial charge on any atom is 0.282 e. The third-order valence-corrected chi connectivity index (χ3v) is 5.38. The summed E-state index contributed by atoms with van der Waals surface area (Å²) in [5.74, 6) is -1.96. The number of amides is 3. The van der Waals surface area contributed by atoms with E-state index in [0.29, 0.717) is 0 Å². The molecule has 0 unspecified atom stereocenters. The zero-order chi connectivity index (χ0) is 21.9. The molecule has 1 N–H and O–H groups in total. The van der Waals surface area contributed by atoms with Gasteiger partial charge in [-0.05, 0) is 43.3 Å². The van der Waals surface area contributed by atoms with Gasteiger partial charge in [-0.1, -0.05) is 0 Å². The summed E-state index contributed by atoms with van der Waals surface area (Å²) in [6, 6.07) is 7.08. The zero-order valence-corrected chi connectivity index (χ0v) is 16.7. The quantitative estimate of drug-likeness (QED) is 0.562. The van der Waals surface area contributed by atoms with E-state index >= 15 is 0 Å². The van der Waals surface area contributed by atoms with Crippen LogP contribution in [0, 0.1) is 0 Å². The average Bonchev–Trinajstić information content (AvgIpc) is 2.99. The van der Waals surface area contributed by atoms with E-state index in [-0.39, 0.29) is 21.9 Å². The van der Waals surface area contributed by atoms with Gasteiger partial charge in [-0.15, -0.1) is 0 Å². The number of sulfonamides is 1. The van der Waals surface area contributed by atoms with E-state index < -0.39 is 33.8 Å². The molecular formula is C18H16N6O5S. The Morgan fingerprint density at radius 1 is 1.10 bits per heavy atom. The molecule has 0 aliphatic carbocycles. The molecule has 1 aromatic carbocycles. The van der Waals surface area contributed by atoms with E-state index in [9.17, 15) is 22.8 Å². The van der Waals surface area contributed by atoms with Crippen molar-refractivity contribution in [3.8, 4) is 0 Å². The molecule has 30 heavy (non-hydrogen) atoms. The van der Waals surface area contributed by atoms with E-state index in [1.807, 2.05) is 4.72 Å². The Labute approximate surface area is 171 Å². The normalized spacial score (nSPS) is 16.6. The second-order valence-electron chi connectivity index (χ2n) is 6.21. The highest BCUT2D eigenvalue weighted by atomic mass is 32.2. The Balaban J connectivity index is 1.74. The van der Waals surface area contributed by atoms with Gasteiger partial charge in [0.05, 0.1) is 16.3 Å². The highest BCUT2D eigenvalue weighted by Gasteiger charge is 2.38. The van der Waals surface area contributed by atoms with E-state index in [1.165, 1.54) is 48.8 Å². The number of benzene rings is 1. The topological polar surface area (TPSA) is 151 Å². The SMILES string of the molecule is CC(=O)NS(=O)(=O)c1ccc(N=N[C@@H]2C(=O)N(C(=O)c3ccncc3)N=C2C)cc1. The number of aromatic nitrogens is 1. The molecule has 1 aromatic heterocycles. The van der Waals surface area contributed by atoms with E-state index in [2.05, 4.69) is 20.3 Å². The van der Waals surface area contributed by atoms with Crippen molar-refractivity contribution in [2.75, 3.05) is 0 Å². The zero-order valence-electron chi connectivity index (χ0n) is 15.9. The fraction of sp³-hybridized carbons (Fsp3) is 0.167. The minimum absolute atomic E-state index is 0.125. The highest BCUT2D eigenvalue weighted by molar-refractivity contribution is 7.90. The molecule has 0 saturated carbocycles. The van der Waals surface area contributed by atoms with Crippen molar-refractivity contribution in [1.82, 2.24) is 14.7 Å². The number of rotatable bonds is 5. The Hall–Kier alpha value is -3.80. The van der Waals surface area contributed by atoms with Gasteiger partial charge < -0.3 is 0 Å². The standard InChI is InChI=1S/C18H16N6O5S/c1-11-16(18(27)24(22-11)17(26)13-7-9-19-10-8-13)21-20-14-3-5-15(6-4-14)30(28,29)23-12(2)25/h3-10,16H,1-2H3,(H,23,25)/t16-/m0/s1. The lowest BCUT2D eigenvalue weighted by atomic mass is 10.2. The molecule has 2 heterocycles. The summed E-state index contributed by atoms with van der Waals surface area (Å²) in [7, 11) is -3.96. The van der Waals surface area contributed by atoms with Gasteiger partial charge in [0, 0.05) is 24.9 Å². The van der Waals surface area contributed by atoms with Crippen LogP contribution in [0.4, 0.5) is 5.69 Å². The largest absolute Gasteiger partial charge is 0.282 e. The predicted octanol–water partition coefficient (Wildman–Crippen LogP) is 1.42. The summed E-state index contributed by atoms with van der Waals surface area (Å²) < 4.78 is 25.7. The van der Waals surface area contributed by atoms with Gasteiger partial charge in [0.2, 0.25) is 5.91 Å². The van der Waals surface area contributed by atoms with Crippen molar-refractivity contribution >= 4 is 39.1 Å². The molecule has 1 atom stereocenters. The van der Waals surface area contributed by atoms with E-state index in [4.69, 9.17) is 0 Å². The molecule has 12 heteroatoms. The number of carbonyl (C=O) groups excluding carboxylic acids is 3. The van der Waals surface area contributed by atoms with E-state index in [1.54, 1.807) is 6.92 Å². The number of imide groups is 1. The summed E-state index contributed by atoms with van der Waals surface area (Å²) >= 11 is 0. The molecule has 1 aliphatic rings. The third kappa shape index (κ3) is 4.43. The number of pyridine rings is 1. The van der Waals surface area contributed by atoms with Crippen LogP contribution in [0.2, 0.25) is 0 Å². The highest BCUT2D eigenvalue weighted by Crippen LogP contribution is 2.20. The van der Waals surface area contributed by atoms with Crippen molar-refractivity contribution in [3.63, 3.8) is 0 Å². The average molecular weight is 428 g/mol. The van der Waals surface area contributed by atoms with Gasteiger partial charge in [0.1, 0.15) is 0 Å². The van der Waals surface area contributed by atoms with Crippen molar-refractivity contribution in [3.05, 3.63) is 54.4 Å². The Morgan fingerprint density at radius 3 is 2.33 bits per heavy atom. The fourth-order valence-electron chi connectivity index (χ4n) is 2.52. The molecule has 0 saturated heterocycles. The molecular weight excluding hydrogens is 412 g/mol. The van der Waals surface area contributed by atoms with Gasteiger partial charge >= 0.3 is 0 Å². The number of nitrogens with one attached hydrogen (secondary N) is 1. The number of azo groups is 1. The third-order valence-electron chi connectivity index (χ3n) is 3.93. The number of hydrogen-bond donors (Lipinski definition) is 1. The number of carbonyl (C=O) groups is 3. The van der Waals surface area contributed by atoms with Crippen LogP contribution in [0.5, 0.6) is 0 Å². The van der Waals surface area contributed by atoms with Crippen molar-refractivity contribution in [1.29, 1.82) is 0 Å². The molecule has 2 aromatic rings. The molecule has 0 fully saturated rings. The lowest BCUT2D eigenvalue weighted by Gasteiger charge is -2.10. The van der Waals surface area contributed by atoms with Crippen LogP contribution in [0.3, 0.4) is 0 Å². The molecule has 3 rings (SSSR count). The summed E-state index contributed by atoms with van der Waals surface area (Å²) in [6.07, 6.45) is 2.86. The van der Waals surface area contributed by atoms with Crippen LogP contribution >= 0.6 is 0 Å². The Kier molecular flexibility index (Phi) is 5.78. The minimum atomic E-state index is -3.96. The maximum absolute atomic E-state index is 12.5. The molecule has 0 bridgehead atoms. The number of nitrogens with zero attached hydrogens (tertiary/aromatic N) is 5. The summed E-state index contributed by atoms with van der Waals surface area (Å²) in [5.41, 5.74) is 0.816. The van der Waals surface area contributed by atoms with Gasteiger partial charge in [0.25, 0.3) is 21.8 Å². The predicted molar refractivity (Wildman–Crippen MR) is 104 cm³/mol. The van der Waals surface area contributed by atoms with Crippen LogP contribution in [-0.2, 0) is 19.6 Å². The fourth-order valence-corrected chi connectivity index (χ4v) is 3.51.